The van der Waals surface area contributed by atoms with E-state index in [-0.39, 0.29) is 0 Å². The van der Waals surface area contributed by atoms with Gasteiger partial charge in [-0.2, -0.15) is 0 Å². The van der Waals surface area contributed by atoms with E-state index in [9.17, 15) is 0 Å². The number of nitrogens with one attached hydrogen (secondary N) is 1. The lowest BCUT2D eigenvalue weighted by Crippen LogP contribution is -1.92. The van der Waals surface area contributed by atoms with Crippen LogP contribution in [0.25, 0.3) is 0 Å². The molecule has 2 rings (SSSR count). The summed E-state index contributed by atoms with van der Waals surface area (Å²) in [4.78, 5) is 4.55. The van der Waals surface area contributed by atoms with Gasteiger partial charge in [0.1, 0.15) is 0 Å². The highest BCUT2D eigenvalue weighted by molar-refractivity contribution is 5.85. The van der Waals surface area contributed by atoms with Crippen LogP contribution in [-0.2, 0) is 0 Å². The number of aryl methyl sites for hydroxylation is 1. The molecule has 0 heterocycles. The van der Waals surface area contributed by atoms with Crippen LogP contribution in [0.4, 0.5) is 17.1 Å². The first-order chi connectivity index (χ1) is 8.65. The molecule has 0 radical (unpaired) electrons. The summed E-state index contributed by atoms with van der Waals surface area (Å²) in [5.41, 5.74) is 5.37. The van der Waals surface area contributed by atoms with Crippen molar-refractivity contribution in [1.29, 1.82) is 0 Å². The zero-order valence-electron chi connectivity index (χ0n) is 11.1. The van der Waals surface area contributed by atoms with E-state index in [1.165, 1.54) is 5.56 Å². The molecule has 0 aromatic heterocycles. The summed E-state index contributed by atoms with van der Waals surface area (Å²) >= 11 is 0. The van der Waals surface area contributed by atoms with Gasteiger partial charge in [-0.1, -0.05) is 24.3 Å². The third-order valence-electron chi connectivity index (χ3n) is 2.55. The van der Waals surface area contributed by atoms with E-state index in [0.29, 0.717) is 0 Å². The standard InChI is InChI=1S/C16H18N2/c1-12(2)17-15-10-9-13(3)11-16(15)18-14-7-5-4-6-8-14/h4-11,18H,1-3H3. The highest BCUT2D eigenvalue weighted by atomic mass is 14.9. The van der Waals surface area contributed by atoms with Crippen LogP contribution in [0.1, 0.15) is 19.4 Å². The molecule has 0 aliphatic carbocycles. The molecule has 0 bridgehead atoms. The Balaban J connectivity index is 2.37. The van der Waals surface area contributed by atoms with Crippen molar-refractivity contribution in [3.05, 3.63) is 54.1 Å². The maximum Gasteiger partial charge on any atom is 0.0863 e. The third kappa shape index (κ3) is 3.20. The first-order valence-corrected chi connectivity index (χ1v) is 6.10. The van der Waals surface area contributed by atoms with E-state index in [0.717, 1.165) is 22.8 Å². The maximum atomic E-state index is 4.55. The number of hydrogen-bond donors (Lipinski definition) is 1. The Morgan fingerprint density at radius 3 is 2.39 bits per heavy atom. The molecule has 0 fully saturated rings. The zero-order chi connectivity index (χ0) is 13.0. The van der Waals surface area contributed by atoms with Crippen LogP contribution in [0.3, 0.4) is 0 Å². The number of anilines is 2. The summed E-state index contributed by atoms with van der Waals surface area (Å²) < 4.78 is 0. The molecule has 18 heavy (non-hydrogen) atoms. The average Bonchev–Trinajstić information content (AvgIpc) is 2.33. The molecule has 0 saturated carbocycles. The third-order valence-corrected chi connectivity index (χ3v) is 2.55. The van der Waals surface area contributed by atoms with Crippen LogP contribution in [0.5, 0.6) is 0 Å². The lowest BCUT2D eigenvalue weighted by molar-refractivity contribution is 1.40. The highest BCUT2D eigenvalue weighted by Crippen LogP contribution is 2.29. The van der Waals surface area contributed by atoms with Crippen molar-refractivity contribution in [3.8, 4) is 0 Å². The van der Waals surface area contributed by atoms with E-state index in [1.54, 1.807) is 0 Å². The molecule has 2 nitrogen and oxygen atoms in total. The minimum Gasteiger partial charge on any atom is -0.354 e. The van der Waals surface area contributed by atoms with Crippen LogP contribution in [-0.4, -0.2) is 5.71 Å². The van der Waals surface area contributed by atoms with Gasteiger partial charge in [-0.3, -0.25) is 4.99 Å². The minimum absolute atomic E-state index is 0.976. The van der Waals surface area contributed by atoms with Crippen LogP contribution in [0, 0.1) is 6.92 Å². The largest absolute Gasteiger partial charge is 0.354 e. The summed E-state index contributed by atoms with van der Waals surface area (Å²) in [6.45, 7) is 6.10. The maximum absolute atomic E-state index is 4.55. The van der Waals surface area contributed by atoms with Gasteiger partial charge in [0.2, 0.25) is 0 Å². The number of rotatable bonds is 3. The summed E-state index contributed by atoms with van der Waals surface area (Å²) in [6.07, 6.45) is 0. The van der Waals surface area contributed by atoms with Gasteiger partial charge in [0.05, 0.1) is 11.4 Å². The van der Waals surface area contributed by atoms with Crippen LogP contribution in [0.2, 0.25) is 0 Å². The van der Waals surface area contributed by atoms with Crippen molar-refractivity contribution < 1.29 is 0 Å². The van der Waals surface area contributed by atoms with Gasteiger partial charge in [-0.15, -0.1) is 0 Å². The monoisotopic (exact) mass is 238 g/mol. The number of nitrogens with zero attached hydrogens (tertiary/aromatic N) is 1. The van der Waals surface area contributed by atoms with Gasteiger partial charge in [-0.05, 0) is 50.6 Å². The molecule has 0 unspecified atom stereocenters. The lowest BCUT2D eigenvalue weighted by Gasteiger charge is -2.10. The molecule has 0 saturated heterocycles. The molecule has 1 N–H and O–H groups in total. The van der Waals surface area contributed by atoms with Gasteiger partial charge >= 0.3 is 0 Å². The fraction of sp³-hybridized carbons (Fsp3) is 0.188. The molecule has 2 aromatic rings. The molecular formula is C16H18N2. The van der Waals surface area contributed by atoms with Gasteiger partial charge in [-0.25, -0.2) is 0 Å². The first-order valence-electron chi connectivity index (χ1n) is 6.10. The Morgan fingerprint density at radius 1 is 1.00 bits per heavy atom. The van der Waals surface area contributed by atoms with Gasteiger partial charge in [0, 0.05) is 11.4 Å². The fourth-order valence-corrected chi connectivity index (χ4v) is 1.77. The van der Waals surface area contributed by atoms with E-state index >= 15 is 0 Å². The van der Waals surface area contributed by atoms with Gasteiger partial charge < -0.3 is 5.32 Å². The Hall–Kier alpha value is -2.09. The molecule has 2 heteroatoms. The highest BCUT2D eigenvalue weighted by Gasteiger charge is 2.02. The zero-order valence-corrected chi connectivity index (χ0v) is 11.1. The molecule has 0 aliphatic rings. The SMILES string of the molecule is CC(C)=Nc1ccc(C)cc1Nc1ccccc1. The quantitative estimate of drug-likeness (QED) is 0.759. The van der Waals surface area contributed by atoms with E-state index in [2.05, 4.69) is 41.5 Å². The number of aliphatic imine (C=N–C) groups is 1. The van der Waals surface area contributed by atoms with Crippen molar-refractivity contribution in [2.24, 2.45) is 4.99 Å². The topological polar surface area (TPSA) is 24.4 Å². The summed E-state index contributed by atoms with van der Waals surface area (Å²) in [7, 11) is 0. The molecule has 0 spiro atoms. The summed E-state index contributed by atoms with van der Waals surface area (Å²) in [5, 5.41) is 3.41. The molecular weight excluding hydrogens is 220 g/mol. The number of para-hydroxylation sites is 1. The summed E-state index contributed by atoms with van der Waals surface area (Å²) in [6, 6.07) is 16.4. The van der Waals surface area contributed by atoms with Gasteiger partial charge in [0.25, 0.3) is 0 Å². The smallest absolute Gasteiger partial charge is 0.0863 e. The molecule has 0 amide bonds. The number of benzene rings is 2. The van der Waals surface area contributed by atoms with Crippen LogP contribution < -0.4 is 5.32 Å². The van der Waals surface area contributed by atoms with Crippen LogP contribution in [0.15, 0.2) is 53.5 Å². The van der Waals surface area contributed by atoms with Crippen LogP contribution >= 0.6 is 0 Å². The Morgan fingerprint density at radius 2 is 1.72 bits per heavy atom. The fourth-order valence-electron chi connectivity index (χ4n) is 1.77. The molecule has 0 atom stereocenters. The second kappa shape index (κ2) is 5.50. The predicted molar refractivity (Wildman–Crippen MR) is 79.3 cm³/mol. The normalized spacial score (nSPS) is 9.94. The van der Waals surface area contributed by atoms with Crippen molar-refractivity contribution in [2.45, 2.75) is 20.8 Å². The molecule has 92 valence electrons. The Labute approximate surface area is 108 Å². The first kappa shape index (κ1) is 12.4. The van der Waals surface area contributed by atoms with Crippen molar-refractivity contribution >= 4 is 22.8 Å². The molecule has 2 aromatic carbocycles. The van der Waals surface area contributed by atoms with Crippen molar-refractivity contribution in [2.75, 3.05) is 5.32 Å². The minimum atomic E-state index is 0.976. The second-order valence-electron chi connectivity index (χ2n) is 4.57. The summed E-state index contributed by atoms with van der Waals surface area (Å²) in [5.74, 6) is 0. The van der Waals surface area contributed by atoms with E-state index in [1.807, 2.05) is 38.1 Å². The number of hydrogen-bond acceptors (Lipinski definition) is 2. The predicted octanol–water partition coefficient (Wildman–Crippen LogP) is 4.85. The average molecular weight is 238 g/mol. The van der Waals surface area contributed by atoms with E-state index < -0.39 is 0 Å². The van der Waals surface area contributed by atoms with Crippen molar-refractivity contribution in [3.63, 3.8) is 0 Å². The Kier molecular flexibility index (Phi) is 3.78. The van der Waals surface area contributed by atoms with E-state index in [4.69, 9.17) is 0 Å². The molecule has 0 aliphatic heterocycles. The Bertz CT molecular complexity index is 553. The van der Waals surface area contributed by atoms with Gasteiger partial charge in [0.15, 0.2) is 0 Å². The second-order valence-corrected chi connectivity index (χ2v) is 4.57. The lowest BCUT2D eigenvalue weighted by atomic mass is 10.2. The van der Waals surface area contributed by atoms with Crippen molar-refractivity contribution in [1.82, 2.24) is 0 Å².